The smallest absolute Gasteiger partial charge is 0.342 e. The van der Waals surface area contributed by atoms with Gasteiger partial charge in [0, 0.05) is 0 Å². The van der Waals surface area contributed by atoms with Gasteiger partial charge >= 0.3 is 19.6 Å². The topological polar surface area (TPSA) is 202 Å². The Kier molecular flexibility index (Phi) is 9.26. The number of anilines is 1. The minimum atomic E-state index is -4.06. The van der Waals surface area contributed by atoms with Crippen molar-refractivity contribution in [3.63, 3.8) is 0 Å². The summed E-state index contributed by atoms with van der Waals surface area (Å²) in [6, 6.07) is -2.11. The molecule has 3 rings (SSSR count). The van der Waals surface area contributed by atoms with Gasteiger partial charge < -0.3 is 24.5 Å². The Morgan fingerprint density at radius 1 is 1.10 bits per heavy atom. The maximum Gasteiger partial charge on any atom is 0.342 e. The predicted molar refractivity (Wildman–Crippen MR) is 146 cm³/mol. The first kappa shape index (κ1) is 31.4. The molecule has 0 unspecified atom stereocenters. The lowest BCUT2D eigenvalue weighted by Gasteiger charge is -2.29. The van der Waals surface area contributed by atoms with E-state index in [9.17, 15) is 18.9 Å². The van der Waals surface area contributed by atoms with Crippen LogP contribution in [0.4, 0.5) is 5.95 Å². The zero-order valence-electron chi connectivity index (χ0n) is 23.9. The summed E-state index contributed by atoms with van der Waals surface area (Å²) in [7, 11) is -4.06. The Morgan fingerprint density at radius 2 is 1.65 bits per heavy atom. The third-order valence-electron chi connectivity index (χ3n) is 5.20. The van der Waals surface area contributed by atoms with Crippen molar-refractivity contribution >= 4 is 36.7 Å². The minimum Gasteiger partial charge on any atom is -0.459 e. The molecule has 16 heteroatoms. The maximum absolute atomic E-state index is 13.9. The van der Waals surface area contributed by atoms with E-state index in [2.05, 4.69) is 25.1 Å². The number of carbonyl (C=O) groups is 2. The molecule has 2 aromatic rings. The van der Waals surface area contributed by atoms with Gasteiger partial charge in [0.2, 0.25) is 5.95 Å². The molecule has 0 saturated carbocycles. The van der Waals surface area contributed by atoms with Crippen molar-refractivity contribution in [1.82, 2.24) is 29.7 Å². The number of nitrogens with one attached hydrogen (secondary N) is 3. The first-order chi connectivity index (χ1) is 18.4. The predicted octanol–water partition coefficient (Wildman–Crippen LogP) is 1.92. The van der Waals surface area contributed by atoms with Gasteiger partial charge in [-0.1, -0.05) is 6.08 Å². The second-order valence-corrected chi connectivity index (χ2v) is 13.2. The Bertz CT molecular complexity index is 1330. The lowest BCUT2D eigenvalue weighted by molar-refractivity contribution is -0.157. The highest BCUT2D eigenvalue weighted by atomic mass is 31.2. The molecule has 0 spiro atoms. The number of aromatic nitrogens is 4. The number of nitrogens with zero attached hydrogens (tertiary/aromatic N) is 3. The number of hydrogen-bond acceptors (Lipinski definition) is 11. The lowest BCUT2D eigenvalue weighted by atomic mass is 10.2. The van der Waals surface area contributed by atoms with E-state index >= 15 is 0 Å². The van der Waals surface area contributed by atoms with Crippen LogP contribution >= 0.6 is 7.67 Å². The summed E-state index contributed by atoms with van der Waals surface area (Å²) in [6.45, 7) is 13.0. The molecule has 0 bridgehead atoms. The van der Waals surface area contributed by atoms with Crippen LogP contribution in [0.3, 0.4) is 0 Å². The fourth-order valence-corrected chi connectivity index (χ4v) is 5.37. The molecular formula is C24H38N7O8P. The fourth-order valence-electron chi connectivity index (χ4n) is 3.56. The Balaban J connectivity index is 1.73. The van der Waals surface area contributed by atoms with Crippen molar-refractivity contribution in [3.05, 3.63) is 28.8 Å². The van der Waals surface area contributed by atoms with E-state index in [0.29, 0.717) is 0 Å². The molecule has 15 nitrogen and oxygen atoms in total. The lowest BCUT2D eigenvalue weighted by Crippen LogP contribution is -2.45. The molecule has 0 radical (unpaired) electrons. The van der Waals surface area contributed by atoms with E-state index in [0.717, 1.165) is 0 Å². The van der Waals surface area contributed by atoms with Crippen LogP contribution in [0.2, 0.25) is 0 Å². The van der Waals surface area contributed by atoms with Crippen molar-refractivity contribution < 1.29 is 32.9 Å². The third-order valence-corrected chi connectivity index (χ3v) is 7.17. The molecule has 0 aliphatic carbocycles. The number of aromatic amines is 1. The van der Waals surface area contributed by atoms with Crippen LogP contribution in [0.15, 0.2) is 23.3 Å². The molecular weight excluding hydrogens is 545 g/mol. The van der Waals surface area contributed by atoms with E-state index in [1.54, 1.807) is 53.7 Å². The van der Waals surface area contributed by atoms with Gasteiger partial charge in [-0.3, -0.25) is 28.5 Å². The van der Waals surface area contributed by atoms with Gasteiger partial charge in [-0.05, 0) is 61.5 Å². The molecule has 222 valence electrons. The first-order valence-corrected chi connectivity index (χ1v) is 14.3. The average molecular weight is 584 g/mol. The normalized spacial score (nSPS) is 19.5. The number of carbonyl (C=O) groups excluding carboxylic acids is 2. The van der Waals surface area contributed by atoms with E-state index in [-0.39, 0.29) is 23.7 Å². The van der Waals surface area contributed by atoms with Crippen LogP contribution in [0.1, 0.15) is 61.6 Å². The molecule has 4 atom stereocenters. The van der Waals surface area contributed by atoms with E-state index in [4.69, 9.17) is 24.5 Å². The summed E-state index contributed by atoms with van der Waals surface area (Å²) in [5.74, 6) is -1.39. The van der Waals surface area contributed by atoms with Gasteiger partial charge in [0.25, 0.3) is 5.56 Å². The second kappa shape index (κ2) is 11.8. The van der Waals surface area contributed by atoms with E-state index in [1.165, 1.54) is 24.7 Å². The van der Waals surface area contributed by atoms with Gasteiger partial charge in [0.1, 0.15) is 29.4 Å². The van der Waals surface area contributed by atoms with Crippen molar-refractivity contribution in [2.75, 3.05) is 12.3 Å². The highest BCUT2D eigenvalue weighted by molar-refractivity contribution is 7.54. The highest BCUT2D eigenvalue weighted by Crippen LogP contribution is 2.40. The Hall–Kier alpha value is -3.10. The quantitative estimate of drug-likeness (QED) is 0.180. The van der Waals surface area contributed by atoms with Gasteiger partial charge in [-0.15, -0.1) is 0 Å². The molecule has 0 aromatic carbocycles. The Morgan fingerprint density at radius 3 is 2.17 bits per heavy atom. The number of esters is 2. The van der Waals surface area contributed by atoms with Gasteiger partial charge in [0.05, 0.1) is 12.9 Å². The number of nitrogen functional groups attached to an aromatic ring is 1. The average Bonchev–Trinajstić information content (AvgIpc) is 3.42. The van der Waals surface area contributed by atoms with Crippen LogP contribution in [0, 0.1) is 0 Å². The fraction of sp³-hybridized carbons (Fsp3) is 0.625. The monoisotopic (exact) mass is 583 g/mol. The Labute approximate surface area is 231 Å². The number of H-pyrrole nitrogens is 1. The van der Waals surface area contributed by atoms with Crippen LogP contribution in [-0.2, 0) is 32.9 Å². The number of hydrogen-bond donors (Lipinski definition) is 4. The van der Waals surface area contributed by atoms with Crippen molar-refractivity contribution in [2.45, 2.75) is 91.0 Å². The molecule has 2 aromatic heterocycles. The number of ether oxygens (including phenoxy) is 3. The molecule has 3 heterocycles. The van der Waals surface area contributed by atoms with Gasteiger partial charge in [-0.2, -0.15) is 4.98 Å². The zero-order valence-corrected chi connectivity index (χ0v) is 24.8. The summed E-state index contributed by atoms with van der Waals surface area (Å²) in [4.78, 5) is 47.8. The standard InChI is InChI=1S/C24H38N7O8P/c1-13(20(33)38-23(3,4)5)29-40(35,30-14(2)21(34)39-24(6,7)8)36-11-15-9-10-16(37-15)31-12-26-17-18(31)27-22(25)28-19(17)32/h9-10,12-16H,11H2,1-8H3,(H2,29,30,35)(H3,25,27,28,32)/t13-,14-,15-,16+/m0/s1. The van der Waals surface area contributed by atoms with Crippen molar-refractivity contribution in [3.8, 4) is 0 Å². The summed E-state index contributed by atoms with van der Waals surface area (Å²) < 4.78 is 37.8. The molecule has 5 N–H and O–H groups in total. The largest absolute Gasteiger partial charge is 0.459 e. The third kappa shape index (κ3) is 8.45. The SMILES string of the molecule is C[C@H](NP(=O)(N[C@@H](C)C(=O)OC(C)(C)C)OC[C@@H]1C=C[C@H](n2cnc3c(=O)[nH]c(N)nc32)O1)C(=O)OC(C)(C)C. The van der Waals surface area contributed by atoms with Crippen LogP contribution in [0.5, 0.6) is 0 Å². The minimum absolute atomic E-state index is 0.0718. The van der Waals surface area contributed by atoms with Crippen LogP contribution in [0.25, 0.3) is 11.2 Å². The summed E-state index contributed by atoms with van der Waals surface area (Å²) in [5, 5.41) is 5.29. The number of fused-ring (bicyclic) bond motifs is 1. The number of rotatable bonds is 10. The maximum atomic E-state index is 13.9. The van der Waals surface area contributed by atoms with Gasteiger partial charge in [-0.25, -0.2) is 15.2 Å². The summed E-state index contributed by atoms with van der Waals surface area (Å²) >= 11 is 0. The number of imidazole rings is 1. The van der Waals surface area contributed by atoms with E-state index < -0.39 is 60.8 Å². The first-order valence-electron chi connectivity index (χ1n) is 12.7. The molecule has 1 aliphatic heterocycles. The van der Waals surface area contributed by atoms with Crippen LogP contribution in [-0.4, -0.2) is 67.5 Å². The molecule has 0 fully saturated rings. The van der Waals surface area contributed by atoms with Crippen LogP contribution < -0.4 is 21.5 Å². The molecule has 0 saturated heterocycles. The summed E-state index contributed by atoms with van der Waals surface area (Å²) in [6.07, 6.45) is 3.36. The van der Waals surface area contributed by atoms with Crippen molar-refractivity contribution in [2.24, 2.45) is 0 Å². The molecule has 40 heavy (non-hydrogen) atoms. The van der Waals surface area contributed by atoms with Gasteiger partial charge in [0.15, 0.2) is 17.4 Å². The number of nitrogens with two attached hydrogens (primary N) is 1. The van der Waals surface area contributed by atoms with E-state index in [1.807, 2.05) is 0 Å². The molecule has 0 amide bonds. The summed E-state index contributed by atoms with van der Waals surface area (Å²) in [5.41, 5.74) is 3.96. The highest BCUT2D eigenvalue weighted by Gasteiger charge is 2.36. The molecule has 1 aliphatic rings. The zero-order chi connectivity index (χ0) is 30.0. The van der Waals surface area contributed by atoms with Crippen molar-refractivity contribution in [1.29, 1.82) is 0 Å². The second-order valence-electron chi connectivity index (χ2n) is 11.3.